The maximum absolute atomic E-state index is 12.6. The molecule has 1 amide bonds. The van der Waals surface area contributed by atoms with Crippen molar-refractivity contribution in [3.8, 4) is 0 Å². The molecule has 21 heavy (non-hydrogen) atoms. The first-order valence-corrected chi connectivity index (χ1v) is 9.21. The molecule has 4 heteroatoms. The molecular weight excluding hydrogens is 441 g/mol. The summed E-state index contributed by atoms with van der Waals surface area (Å²) < 4.78 is 1.93. The van der Waals surface area contributed by atoms with E-state index in [9.17, 15) is 4.79 Å². The standard InChI is InChI=1S/C17H23BrINO/c1-16(2)8-12(9-17(3,4)10-16)20-15(21)13-7-11(19)5-6-14(13)18/h5-7,12H,8-10H2,1-4H3,(H,20,21). The molecule has 116 valence electrons. The van der Waals surface area contributed by atoms with Crippen LogP contribution in [0, 0.1) is 14.4 Å². The molecule has 0 unspecified atom stereocenters. The van der Waals surface area contributed by atoms with E-state index in [4.69, 9.17) is 0 Å². The van der Waals surface area contributed by atoms with Gasteiger partial charge >= 0.3 is 0 Å². The fraction of sp³-hybridized carbons (Fsp3) is 0.588. The molecule has 1 aromatic carbocycles. The van der Waals surface area contributed by atoms with Gasteiger partial charge in [-0.15, -0.1) is 0 Å². The lowest BCUT2D eigenvalue weighted by atomic mass is 9.63. The Labute approximate surface area is 149 Å². The van der Waals surface area contributed by atoms with Crippen LogP contribution >= 0.6 is 38.5 Å². The van der Waals surface area contributed by atoms with E-state index in [1.54, 1.807) is 0 Å². The molecule has 0 saturated heterocycles. The van der Waals surface area contributed by atoms with Gasteiger partial charge in [-0.2, -0.15) is 0 Å². The van der Waals surface area contributed by atoms with Gasteiger partial charge in [0.15, 0.2) is 0 Å². The first kappa shape index (κ1) is 17.3. The maximum Gasteiger partial charge on any atom is 0.252 e. The second-order valence-corrected chi connectivity index (χ2v) is 9.81. The summed E-state index contributed by atoms with van der Waals surface area (Å²) in [6.07, 6.45) is 3.30. The molecule has 1 saturated carbocycles. The fourth-order valence-electron chi connectivity index (χ4n) is 3.88. The van der Waals surface area contributed by atoms with E-state index in [2.05, 4.69) is 71.5 Å². The third kappa shape index (κ3) is 4.68. The molecule has 0 aromatic heterocycles. The van der Waals surface area contributed by atoms with Crippen LogP contribution in [0.2, 0.25) is 0 Å². The molecule has 0 bridgehead atoms. The Morgan fingerprint density at radius 3 is 2.38 bits per heavy atom. The van der Waals surface area contributed by atoms with Gasteiger partial charge in [-0.05, 0) is 86.8 Å². The van der Waals surface area contributed by atoms with Gasteiger partial charge < -0.3 is 5.32 Å². The SMILES string of the molecule is CC1(C)CC(NC(=O)c2cc(I)ccc2Br)CC(C)(C)C1. The number of nitrogens with one attached hydrogen (secondary N) is 1. The monoisotopic (exact) mass is 463 g/mol. The number of carbonyl (C=O) groups is 1. The topological polar surface area (TPSA) is 29.1 Å². The quantitative estimate of drug-likeness (QED) is 0.585. The Morgan fingerprint density at radius 1 is 1.24 bits per heavy atom. The molecule has 0 heterocycles. The molecule has 1 aromatic rings. The summed E-state index contributed by atoms with van der Waals surface area (Å²) >= 11 is 5.71. The smallest absolute Gasteiger partial charge is 0.252 e. The van der Waals surface area contributed by atoms with E-state index in [0.29, 0.717) is 0 Å². The largest absolute Gasteiger partial charge is 0.349 e. The number of hydrogen-bond acceptors (Lipinski definition) is 1. The van der Waals surface area contributed by atoms with E-state index < -0.39 is 0 Å². The summed E-state index contributed by atoms with van der Waals surface area (Å²) in [5.74, 6) is 0.0268. The van der Waals surface area contributed by atoms with Crippen molar-refractivity contribution in [3.63, 3.8) is 0 Å². The molecule has 0 aliphatic heterocycles. The fourth-order valence-corrected chi connectivity index (χ4v) is 4.80. The zero-order valence-electron chi connectivity index (χ0n) is 13.1. The van der Waals surface area contributed by atoms with Gasteiger partial charge in [0.05, 0.1) is 5.56 Å². The van der Waals surface area contributed by atoms with Crippen LogP contribution in [0.25, 0.3) is 0 Å². The van der Waals surface area contributed by atoms with Crippen molar-refractivity contribution in [1.29, 1.82) is 0 Å². The summed E-state index contributed by atoms with van der Waals surface area (Å²) in [4.78, 5) is 12.6. The highest BCUT2D eigenvalue weighted by molar-refractivity contribution is 14.1. The lowest BCUT2D eigenvalue weighted by Gasteiger charge is -2.45. The van der Waals surface area contributed by atoms with Crippen LogP contribution in [0.1, 0.15) is 57.3 Å². The van der Waals surface area contributed by atoms with E-state index in [1.165, 1.54) is 6.42 Å². The van der Waals surface area contributed by atoms with Crippen molar-refractivity contribution < 1.29 is 4.79 Å². The van der Waals surface area contributed by atoms with Gasteiger partial charge in [-0.3, -0.25) is 4.79 Å². The zero-order chi connectivity index (χ0) is 15.8. The summed E-state index contributed by atoms with van der Waals surface area (Å²) in [5, 5.41) is 3.24. The van der Waals surface area contributed by atoms with Gasteiger partial charge in [-0.1, -0.05) is 27.7 Å². The third-order valence-corrected chi connectivity index (χ3v) is 5.43. The Balaban J connectivity index is 2.14. The summed E-state index contributed by atoms with van der Waals surface area (Å²) in [6, 6.07) is 6.11. The maximum atomic E-state index is 12.6. The van der Waals surface area contributed by atoms with Crippen molar-refractivity contribution in [3.05, 3.63) is 31.8 Å². The van der Waals surface area contributed by atoms with Crippen molar-refractivity contribution in [2.24, 2.45) is 10.8 Å². The van der Waals surface area contributed by atoms with E-state index >= 15 is 0 Å². The lowest BCUT2D eigenvalue weighted by Crippen LogP contribution is -2.46. The number of rotatable bonds is 2. The lowest BCUT2D eigenvalue weighted by molar-refractivity contribution is 0.0713. The molecule has 0 spiro atoms. The number of hydrogen-bond donors (Lipinski definition) is 1. The van der Waals surface area contributed by atoms with Crippen molar-refractivity contribution in [2.75, 3.05) is 0 Å². The highest BCUT2D eigenvalue weighted by atomic mass is 127. The predicted molar refractivity (Wildman–Crippen MR) is 99.5 cm³/mol. The van der Waals surface area contributed by atoms with Gasteiger partial charge in [0.2, 0.25) is 0 Å². The van der Waals surface area contributed by atoms with Crippen LogP contribution in [0.5, 0.6) is 0 Å². The van der Waals surface area contributed by atoms with Crippen LogP contribution in [0.15, 0.2) is 22.7 Å². The summed E-state index contributed by atoms with van der Waals surface area (Å²) in [6.45, 7) is 9.20. The number of benzene rings is 1. The minimum absolute atomic E-state index is 0.0268. The highest BCUT2D eigenvalue weighted by Crippen LogP contribution is 2.45. The minimum Gasteiger partial charge on any atom is -0.349 e. The molecule has 1 fully saturated rings. The molecule has 0 atom stereocenters. The summed E-state index contributed by atoms with van der Waals surface area (Å²) in [7, 11) is 0. The Morgan fingerprint density at radius 2 is 1.81 bits per heavy atom. The van der Waals surface area contributed by atoms with Gasteiger partial charge in [0.1, 0.15) is 0 Å². The number of halogens is 2. The van der Waals surface area contributed by atoms with Crippen molar-refractivity contribution in [1.82, 2.24) is 5.32 Å². The van der Waals surface area contributed by atoms with Crippen LogP contribution in [0.4, 0.5) is 0 Å². The average Bonchev–Trinajstić information content (AvgIpc) is 2.27. The highest BCUT2D eigenvalue weighted by Gasteiger charge is 2.39. The zero-order valence-corrected chi connectivity index (χ0v) is 16.8. The second-order valence-electron chi connectivity index (χ2n) is 7.71. The normalized spacial score (nSPS) is 21.0. The Bertz CT molecular complexity index is 538. The minimum atomic E-state index is 0.0268. The Hall–Kier alpha value is -0.100. The van der Waals surface area contributed by atoms with E-state index in [-0.39, 0.29) is 22.8 Å². The molecule has 1 N–H and O–H groups in total. The molecule has 0 radical (unpaired) electrons. The van der Waals surface area contributed by atoms with E-state index in [0.717, 1.165) is 26.4 Å². The predicted octanol–water partition coefficient (Wildman–Crippen LogP) is 5.39. The first-order chi connectivity index (χ1) is 9.58. The molecule has 1 aliphatic carbocycles. The van der Waals surface area contributed by atoms with Crippen LogP contribution < -0.4 is 5.32 Å². The number of amides is 1. The van der Waals surface area contributed by atoms with Crippen molar-refractivity contribution >= 4 is 44.4 Å². The van der Waals surface area contributed by atoms with E-state index in [1.807, 2.05) is 18.2 Å². The Kier molecular flexibility index (Phi) is 5.08. The second kappa shape index (κ2) is 6.19. The van der Waals surface area contributed by atoms with Crippen molar-refractivity contribution in [2.45, 2.75) is 53.0 Å². The molecule has 2 rings (SSSR count). The third-order valence-electron chi connectivity index (χ3n) is 4.06. The van der Waals surface area contributed by atoms with Gasteiger partial charge in [0, 0.05) is 14.1 Å². The first-order valence-electron chi connectivity index (χ1n) is 7.34. The summed E-state index contributed by atoms with van der Waals surface area (Å²) in [5.41, 5.74) is 1.28. The van der Waals surface area contributed by atoms with Crippen LogP contribution in [-0.4, -0.2) is 11.9 Å². The van der Waals surface area contributed by atoms with Gasteiger partial charge in [-0.25, -0.2) is 0 Å². The number of carbonyl (C=O) groups excluding carboxylic acids is 1. The molecule has 1 aliphatic rings. The van der Waals surface area contributed by atoms with Gasteiger partial charge in [0.25, 0.3) is 5.91 Å². The average molecular weight is 464 g/mol. The van der Waals surface area contributed by atoms with Crippen LogP contribution in [-0.2, 0) is 0 Å². The molecular formula is C17H23BrINO. The van der Waals surface area contributed by atoms with Crippen LogP contribution in [0.3, 0.4) is 0 Å². The molecule has 2 nitrogen and oxygen atoms in total.